The van der Waals surface area contributed by atoms with Crippen molar-refractivity contribution in [3.05, 3.63) is 0 Å². The molecule has 1 aliphatic heterocycles. The minimum Gasteiger partial charge on any atom is -0.392 e. The first kappa shape index (κ1) is 11.8. The summed E-state index contributed by atoms with van der Waals surface area (Å²) in [4.78, 5) is 14.8. The molecule has 0 aromatic rings. The Kier molecular flexibility index (Phi) is 2.95. The number of likely N-dealkylation sites (tertiary alicyclic amines) is 1. The average molecular weight is 240 g/mol. The Balaban J connectivity index is 2.10. The highest BCUT2D eigenvalue weighted by molar-refractivity contribution is 7.80. The van der Waals surface area contributed by atoms with E-state index in [0.717, 1.165) is 32.4 Å². The van der Waals surface area contributed by atoms with E-state index in [-0.39, 0.29) is 5.91 Å². The second-order valence-corrected chi connectivity index (χ2v) is 6.04. The second kappa shape index (κ2) is 3.99. The number of nitrogens with zero attached hydrogens (tertiary/aromatic N) is 1. The van der Waals surface area contributed by atoms with Gasteiger partial charge in [0.05, 0.1) is 10.4 Å². The van der Waals surface area contributed by atoms with Gasteiger partial charge in [0.15, 0.2) is 0 Å². The molecule has 0 aromatic carbocycles. The highest BCUT2D eigenvalue weighted by Crippen LogP contribution is 2.47. The summed E-state index contributed by atoms with van der Waals surface area (Å²) in [6.07, 6.45) is 2.78. The molecule has 2 rings (SSSR count). The highest BCUT2D eigenvalue weighted by atomic mass is 32.1. The molecule has 16 heavy (non-hydrogen) atoms. The van der Waals surface area contributed by atoms with Crippen molar-refractivity contribution in [2.45, 2.75) is 33.1 Å². The van der Waals surface area contributed by atoms with Gasteiger partial charge in [-0.15, -0.1) is 0 Å². The summed E-state index contributed by atoms with van der Waals surface area (Å²) in [5.41, 5.74) is 5.28. The van der Waals surface area contributed by atoms with Gasteiger partial charge in [0, 0.05) is 13.1 Å². The number of rotatable bonds is 2. The van der Waals surface area contributed by atoms with Crippen LogP contribution in [0.2, 0.25) is 0 Å². The van der Waals surface area contributed by atoms with Crippen molar-refractivity contribution in [2.24, 2.45) is 23.0 Å². The maximum absolute atomic E-state index is 12.4. The van der Waals surface area contributed by atoms with Crippen molar-refractivity contribution in [3.8, 4) is 0 Å². The number of carbonyl (C=O) groups excluding carboxylic acids is 1. The van der Waals surface area contributed by atoms with Gasteiger partial charge < -0.3 is 10.6 Å². The van der Waals surface area contributed by atoms with Crippen LogP contribution in [0.4, 0.5) is 0 Å². The molecule has 3 nitrogen and oxygen atoms in total. The quantitative estimate of drug-likeness (QED) is 0.745. The maximum atomic E-state index is 12.4. The molecular weight excluding hydrogens is 220 g/mol. The van der Waals surface area contributed by atoms with Crippen molar-refractivity contribution in [3.63, 3.8) is 0 Å². The largest absolute Gasteiger partial charge is 0.392 e. The molecule has 4 heteroatoms. The van der Waals surface area contributed by atoms with E-state index >= 15 is 0 Å². The van der Waals surface area contributed by atoms with E-state index in [9.17, 15) is 4.79 Å². The second-order valence-electron chi connectivity index (χ2n) is 5.60. The summed E-state index contributed by atoms with van der Waals surface area (Å²) in [7, 11) is 0. The Bertz CT molecular complexity index is 323. The predicted molar refractivity (Wildman–Crippen MR) is 68.0 cm³/mol. The number of thiocarbonyl (C=S) groups is 1. The molecule has 1 saturated carbocycles. The Morgan fingerprint density at radius 2 is 2.00 bits per heavy atom. The van der Waals surface area contributed by atoms with Crippen LogP contribution in [0.1, 0.15) is 33.1 Å². The first-order valence-corrected chi connectivity index (χ1v) is 6.46. The minimum atomic E-state index is -0.501. The van der Waals surface area contributed by atoms with Crippen LogP contribution in [0.5, 0.6) is 0 Å². The lowest BCUT2D eigenvalue weighted by atomic mass is 9.61. The Labute approximate surface area is 102 Å². The summed E-state index contributed by atoms with van der Waals surface area (Å²) in [6.45, 7) is 6.08. The molecule has 90 valence electrons. The summed E-state index contributed by atoms with van der Waals surface area (Å²) in [5.74, 6) is 1.37. The van der Waals surface area contributed by atoms with Crippen LogP contribution in [0.3, 0.4) is 0 Å². The lowest BCUT2D eigenvalue weighted by molar-refractivity contribution is -0.143. The maximum Gasteiger partial charge on any atom is 0.235 e. The monoisotopic (exact) mass is 240 g/mol. The summed E-state index contributed by atoms with van der Waals surface area (Å²) >= 11 is 5.11. The molecule has 0 radical (unpaired) electrons. The van der Waals surface area contributed by atoms with E-state index < -0.39 is 5.41 Å². The topological polar surface area (TPSA) is 46.3 Å². The third kappa shape index (κ3) is 1.73. The number of hydrogen-bond donors (Lipinski definition) is 1. The molecule has 2 fully saturated rings. The van der Waals surface area contributed by atoms with Crippen molar-refractivity contribution in [2.75, 3.05) is 13.1 Å². The third-order valence-corrected chi connectivity index (χ3v) is 4.38. The molecule has 1 saturated heterocycles. The van der Waals surface area contributed by atoms with E-state index in [0.29, 0.717) is 16.8 Å². The molecule has 0 aromatic heterocycles. The number of hydrogen-bond acceptors (Lipinski definition) is 2. The molecule has 1 unspecified atom stereocenters. The standard InChI is InChI=1S/C12H20N2OS/c1-8-3-4-14(7-8)11(15)12(10(13)16)5-9(2)6-12/h8-9H,3-7H2,1-2H3,(H2,13,16). The van der Waals surface area contributed by atoms with Gasteiger partial charge in [-0.3, -0.25) is 4.79 Å². The van der Waals surface area contributed by atoms with E-state index in [1.165, 1.54) is 0 Å². The number of amides is 1. The van der Waals surface area contributed by atoms with E-state index in [1.807, 2.05) is 4.90 Å². The van der Waals surface area contributed by atoms with Crippen LogP contribution in [-0.4, -0.2) is 28.9 Å². The number of nitrogens with two attached hydrogens (primary N) is 1. The van der Waals surface area contributed by atoms with Gasteiger partial charge in [0.25, 0.3) is 0 Å². The molecule has 2 aliphatic rings. The molecular formula is C12H20N2OS. The van der Waals surface area contributed by atoms with Gasteiger partial charge in [0.2, 0.25) is 5.91 Å². The van der Waals surface area contributed by atoms with Crippen molar-refractivity contribution in [1.29, 1.82) is 0 Å². The van der Waals surface area contributed by atoms with Gasteiger partial charge in [-0.1, -0.05) is 26.1 Å². The Morgan fingerprint density at radius 3 is 2.38 bits per heavy atom. The van der Waals surface area contributed by atoms with Crippen LogP contribution >= 0.6 is 12.2 Å². The summed E-state index contributed by atoms with van der Waals surface area (Å²) < 4.78 is 0. The van der Waals surface area contributed by atoms with Crippen LogP contribution < -0.4 is 5.73 Å². The fraction of sp³-hybridized carbons (Fsp3) is 0.833. The molecule has 0 bridgehead atoms. The highest BCUT2D eigenvalue weighted by Gasteiger charge is 2.52. The van der Waals surface area contributed by atoms with Crippen molar-refractivity contribution in [1.82, 2.24) is 4.90 Å². The molecule has 1 heterocycles. The van der Waals surface area contributed by atoms with Gasteiger partial charge >= 0.3 is 0 Å². The molecule has 1 aliphatic carbocycles. The van der Waals surface area contributed by atoms with Gasteiger partial charge in [-0.2, -0.15) is 0 Å². The first-order valence-electron chi connectivity index (χ1n) is 6.05. The van der Waals surface area contributed by atoms with Crippen molar-refractivity contribution < 1.29 is 4.79 Å². The van der Waals surface area contributed by atoms with Crippen LogP contribution in [-0.2, 0) is 4.79 Å². The molecule has 2 N–H and O–H groups in total. The Morgan fingerprint density at radius 1 is 1.38 bits per heavy atom. The average Bonchev–Trinajstić information content (AvgIpc) is 2.58. The molecule has 1 atom stereocenters. The Hall–Kier alpha value is -0.640. The lowest BCUT2D eigenvalue weighted by Gasteiger charge is -2.46. The predicted octanol–water partition coefficient (Wildman–Crippen LogP) is 1.56. The zero-order valence-corrected chi connectivity index (χ0v) is 10.8. The zero-order valence-electron chi connectivity index (χ0n) is 10.0. The van der Waals surface area contributed by atoms with Gasteiger partial charge in [0.1, 0.15) is 0 Å². The molecule has 1 amide bonds. The van der Waals surface area contributed by atoms with Crippen LogP contribution in [0.15, 0.2) is 0 Å². The van der Waals surface area contributed by atoms with E-state index in [4.69, 9.17) is 18.0 Å². The fourth-order valence-electron chi connectivity index (χ4n) is 3.03. The normalized spacial score (nSPS) is 38.2. The minimum absolute atomic E-state index is 0.183. The SMILES string of the molecule is CC1CCN(C(=O)C2(C(N)=S)CC(C)C2)C1. The number of carbonyl (C=O) groups is 1. The summed E-state index contributed by atoms with van der Waals surface area (Å²) in [5, 5.41) is 0. The van der Waals surface area contributed by atoms with Crippen LogP contribution in [0.25, 0.3) is 0 Å². The lowest BCUT2D eigenvalue weighted by Crippen LogP contribution is -2.56. The van der Waals surface area contributed by atoms with Gasteiger partial charge in [-0.25, -0.2) is 0 Å². The smallest absolute Gasteiger partial charge is 0.235 e. The zero-order chi connectivity index (χ0) is 11.9. The first-order chi connectivity index (χ1) is 7.45. The third-order valence-electron chi connectivity index (χ3n) is 3.99. The fourth-order valence-corrected chi connectivity index (χ4v) is 3.29. The molecule has 0 spiro atoms. The van der Waals surface area contributed by atoms with E-state index in [2.05, 4.69) is 13.8 Å². The van der Waals surface area contributed by atoms with Crippen LogP contribution in [0, 0.1) is 17.3 Å². The van der Waals surface area contributed by atoms with Crippen molar-refractivity contribution >= 4 is 23.1 Å². The summed E-state index contributed by atoms with van der Waals surface area (Å²) in [6, 6.07) is 0. The van der Waals surface area contributed by atoms with E-state index in [1.54, 1.807) is 0 Å². The van der Waals surface area contributed by atoms with Gasteiger partial charge in [-0.05, 0) is 31.1 Å².